The van der Waals surface area contributed by atoms with Crippen LogP contribution in [0.3, 0.4) is 0 Å². The number of aryl methyl sites for hydroxylation is 1. The van der Waals surface area contributed by atoms with Gasteiger partial charge in [-0.15, -0.1) is 0 Å². The molecule has 0 saturated heterocycles. The highest BCUT2D eigenvalue weighted by Gasteiger charge is 2.30. The summed E-state index contributed by atoms with van der Waals surface area (Å²) in [5.74, 6) is 0.352. The van der Waals surface area contributed by atoms with Gasteiger partial charge >= 0.3 is 6.18 Å². The molecule has 1 aromatic rings. The minimum Gasteiger partial charge on any atom is -0.166 e. The van der Waals surface area contributed by atoms with E-state index in [1.807, 2.05) is 6.92 Å². The normalized spacial score (nSPS) is 14.0. The van der Waals surface area contributed by atoms with Crippen LogP contribution in [0.15, 0.2) is 30.4 Å². The van der Waals surface area contributed by atoms with E-state index in [1.165, 1.54) is 6.07 Å². The molecule has 0 saturated carbocycles. The van der Waals surface area contributed by atoms with E-state index < -0.39 is 11.7 Å². The molecule has 0 fully saturated rings. The first-order chi connectivity index (χ1) is 8.84. The SMILES string of the molecule is CCC=CCC(C)Cc1cc(C(F)(F)F)ccc1C. The molecule has 0 aromatic heterocycles. The number of halogens is 3. The van der Waals surface area contributed by atoms with E-state index in [-0.39, 0.29) is 0 Å². The Labute approximate surface area is 113 Å². The summed E-state index contributed by atoms with van der Waals surface area (Å²) < 4.78 is 38.0. The number of alkyl halides is 3. The molecule has 0 N–H and O–H groups in total. The predicted octanol–water partition coefficient (Wildman–Crippen LogP) is 5.55. The molecule has 1 atom stereocenters. The van der Waals surface area contributed by atoms with Crippen LogP contribution in [0.25, 0.3) is 0 Å². The molecular formula is C16H21F3. The Morgan fingerprint density at radius 2 is 1.89 bits per heavy atom. The third-order valence-electron chi connectivity index (χ3n) is 3.19. The largest absolute Gasteiger partial charge is 0.416 e. The van der Waals surface area contributed by atoms with Crippen molar-refractivity contribution in [3.8, 4) is 0 Å². The second-order valence-electron chi connectivity index (χ2n) is 5.06. The summed E-state index contributed by atoms with van der Waals surface area (Å²) in [4.78, 5) is 0. The molecular weight excluding hydrogens is 249 g/mol. The van der Waals surface area contributed by atoms with Gasteiger partial charge in [-0.2, -0.15) is 13.2 Å². The first-order valence-corrected chi connectivity index (χ1v) is 6.66. The van der Waals surface area contributed by atoms with E-state index in [1.54, 1.807) is 6.07 Å². The Hall–Kier alpha value is -1.25. The van der Waals surface area contributed by atoms with Crippen molar-refractivity contribution < 1.29 is 13.2 Å². The van der Waals surface area contributed by atoms with Gasteiger partial charge < -0.3 is 0 Å². The molecule has 3 heteroatoms. The molecule has 19 heavy (non-hydrogen) atoms. The van der Waals surface area contributed by atoms with Crippen molar-refractivity contribution in [1.82, 2.24) is 0 Å². The lowest BCUT2D eigenvalue weighted by molar-refractivity contribution is -0.137. The van der Waals surface area contributed by atoms with Gasteiger partial charge in [0, 0.05) is 0 Å². The van der Waals surface area contributed by atoms with Gasteiger partial charge in [0.25, 0.3) is 0 Å². The van der Waals surface area contributed by atoms with Gasteiger partial charge in [0.1, 0.15) is 0 Å². The van der Waals surface area contributed by atoms with E-state index in [2.05, 4.69) is 26.0 Å². The topological polar surface area (TPSA) is 0 Å². The van der Waals surface area contributed by atoms with Crippen LogP contribution >= 0.6 is 0 Å². The molecule has 1 unspecified atom stereocenters. The quantitative estimate of drug-likeness (QED) is 0.615. The lowest BCUT2D eigenvalue weighted by Gasteiger charge is -2.14. The first kappa shape index (κ1) is 15.8. The van der Waals surface area contributed by atoms with Gasteiger partial charge in [-0.1, -0.05) is 32.1 Å². The van der Waals surface area contributed by atoms with Crippen molar-refractivity contribution in [2.75, 3.05) is 0 Å². The van der Waals surface area contributed by atoms with Gasteiger partial charge in [-0.3, -0.25) is 0 Å². The van der Waals surface area contributed by atoms with Crippen LogP contribution in [-0.2, 0) is 12.6 Å². The van der Waals surface area contributed by atoms with Gasteiger partial charge in [0.2, 0.25) is 0 Å². The van der Waals surface area contributed by atoms with Gasteiger partial charge in [0.05, 0.1) is 5.56 Å². The first-order valence-electron chi connectivity index (χ1n) is 6.66. The Balaban J connectivity index is 2.80. The van der Waals surface area contributed by atoms with Crippen molar-refractivity contribution in [2.24, 2.45) is 5.92 Å². The molecule has 106 valence electrons. The highest BCUT2D eigenvalue weighted by molar-refractivity contribution is 5.33. The molecule has 0 bridgehead atoms. The fourth-order valence-corrected chi connectivity index (χ4v) is 2.02. The monoisotopic (exact) mass is 270 g/mol. The van der Waals surface area contributed by atoms with Crippen molar-refractivity contribution in [2.45, 2.75) is 46.2 Å². The van der Waals surface area contributed by atoms with Crippen LogP contribution in [-0.4, -0.2) is 0 Å². The van der Waals surface area contributed by atoms with Crippen molar-refractivity contribution >= 4 is 0 Å². The summed E-state index contributed by atoms with van der Waals surface area (Å²) in [6.07, 6.45) is 2.53. The lowest BCUT2D eigenvalue weighted by Crippen LogP contribution is -2.08. The van der Waals surface area contributed by atoms with Crippen LogP contribution in [0.5, 0.6) is 0 Å². The maximum Gasteiger partial charge on any atom is 0.416 e. The van der Waals surface area contributed by atoms with Crippen LogP contribution in [0.4, 0.5) is 13.2 Å². The summed E-state index contributed by atoms with van der Waals surface area (Å²) in [5.41, 5.74) is 1.18. The zero-order valence-electron chi connectivity index (χ0n) is 11.7. The molecule has 0 amide bonds. The predicted molar refractivity (Wildman–Crippen MR) is 73.1 cm³/mol. The summed E-state index contributed by atoms with van der Waals surface area (Å²) in [5, 5.41) is 0. The molecule has 0 aliphatic heterocycles. The number of benzene rings is 1. The average Bonchev–Trinajstić information content (AvgIpc) is 2.31. The number of hydrogen-bond donors (Lipinski definition) is 0. The molecule has 0 heterocycles. The van der Waals surface area contributed by atoms with Gasteiger partial charge in [-0.25, -0.2) is 0 Å². The minimum atomic E-state index is -4.26. The fraction of sp³-hybridized carbons (Fsp3) is 0.500. The molecule has 0 aliphatic carbocycles. The second kappa shape index (κ2) is 6.78. The highest BCUT2D eigenvalue weighted by Crippen LogP contribution is 2.31. The Morgan fingerprint density at radius 3 is 2.47 bits per heavy atom. The van der Waals surface area contributed by atoms with Crippen molar-refractivity contribution in [3.05, 3.63) is 47.0 Å². The molecule has 0 spiro atoms. The standard InChI is InChI=1S/C16H21F3/c1-4-5-6-7-12(2)10-14-11-15(16(17,18)19)9-8-13(14)3/h5-6,8-9,11-12H,4,7,10H2,1-3H3. The Kier molecular flexibility index (Phi) is 5.64. The minimum absolute atomic E-state index is 0.352. The molecule has 0 radical (unpaired) electrons. The fourth-order valence-electron chi connectivity index (χ4n) is 2.02. The van der Waals surface area contributed by atoms with Crippen LogP contribution in [0.1, 0.15) is 43.4 Å². The van der Waals surface area contributed by atoms with E-state index in [4.69, 9.17) is 0 Å². The smallest absolute Gasteiger partial charge is 0.166 e. The number of hydrogen-bond acceptors (Lipinski definition) is 0. The summed E-state index contributed by atoms with van der Waals surface area (Å²) >= 11 is 0. The molecule has 0 nitrogen and oxygen atoms in total. The second-order valence-corrected chi connectivity index (χ2v) is 5.06. The van der Waals surface area contributed by atoms with Gasteiger partial charge in [0.15, 0.2) is 0 Å². The van der Waals surface area contributed by atoms with E-state index in [0.717, 1.165) is 30.0 Å². The molecule has 1 aromatic carbocycles. The average molecular weight is 270 g/mol. The van der Waals surface area contributed by atoms with Crippen molar-refractivity contribution in [3.63, 3.8) is 0 Å². The lowest BCUT2D eigenvalue weighted by atomic mass is 9.93. The van der Waals surface area contributed by atoms with E-state index in [9.17, 15) is 13.2 Å². The van der Waals surface area contributed by atoms with Crippen LogP contribution in [0, 0.1) is 12.8 Å². The zero-order valence-corrected chi connectivity index (χ0v) is 11.7. The summed E-state index contributed by atoms with van der Waals surface area (Å²) in [6.45, 7) is 6.00. The highest BCUT2D eigenvalue weighted by atomic mass is 19.4. The summed E-state index contributed by atoms with van der Waals surface area (Å²) in [6, 6.07) is 4.00. The number of allylic oxidation sites excluding steroid dienone is 2. The van der Waals surface area contributed by atoms with Crippen LogP contribution in [0.2, 0.25) is 0 Å². The Morgan fingerprint density at radius 1 is 1.21 bits per heavy atom. The maximum atomic E-state index is 12.7. The Bertz CT molecular complexity index is 430. The third-order valence-corrected chi connectivity index (χ3v) is 3.19. The summed E-state index contributed by atoms with van der Waals surface area (Å²) in [7, 11) is 0. The van der Waals surface area contributed by atoms with E-state index >= 15 is 0 Å². The molecule has 0 aliphatic rings. The number of rotatable bonds is 5. The third kappa shape index (κ3) is 5.09. The molecule has 1 rings (SSSR count). The van der Waals surface area contributed by atoms with E-state index in [0.29, 0.717) is 12.3 Å². The maximum absolute atomic E-state index is 12.7. The van der Waals surface area contributed by atoms with Crippen molar-refractivity contribution in [1.29, 1.82) is 0 Å². The zero-order chi connectivity index (χ0) is 14.5. The van der Waals surface area contributed by atoms with Gasteiger partial charge in [-0.05, 0) is 55.4 Å². The van der Waals surface area contributed by atoms with Crippen LogP contribution < -0.4 is 0 Å².